The summed E-state index contributed by atoms with van der Waals surface area (Å²) in [5, 5.41) is 0. The molecule has 0 aromatic rings. The van der Waals surface area contributed by atoms with Gasteiger partial charge in [-0.15, -0.1) is 0 Å². The van der Waals surface area contributed by atoms with Crippen LogP contribution in [0, 0.1) is 0 Å². The minimum atomic E-state index is -0.390. The molecule has 0 spiro atoms. The molecule has 0 amide bonds. The summed E-state index contributed by atoms with van der Waals surface area (Å²) < 4.78 is 10.0. The second-order valence-electron chi connectivity index (χ2n) is 3.35. The van der Waals surface area contributed by atoms with Gasteiger partial charge >= 0.3 is 6.47 Å². The molecule has 0 aliphatic heterocycles. The van der Waals surface area contributed by atoms with Crippen molar-refractivity contribution in [3.8, 4) is 0 Å². The van der Waals surface area contributed by atoms with Crippen LogP contribution in [0.25, 0.3) is 0 Å². The number of carbonyl (C=O) groups excluding carboxylic acids is 1. The van der Waals surface area contributed by atoms with Gasteiger partial charge in [0.25, 0.3) is 0 Å². The van der Waals surface area contributed by atoms with Crippen LogP contribution in [-0.2, 0) is 14.3 Å². The topological polar surface area (TPSA) is 35.5 Å². The number of hydrogen-bond acceptors (Lipinski definition) is 3. The lowest BCUT2D eigenvalue weighted by Gasteiger charge is -2.14. The SMILES string of the molecule is CCCCCCOC(CCC)O[C]=O. The molecular formula is C11H21O3. The molecule has 0 aromatic heterocycles. The molecule has 0 aliphatic rings. The zero-order chi connectivity index (χ0) is 10.6. The van der Waals surface area contributed by atoms with E-state index in [0.717, 1.165) is 19.3 Å². The van der Waals surface area contributed by atoms with Crippen molar-refractivity contribution in [3.63, 3.8) is 0 Å². The molecule has 3 heteroatoms. The van der Waals surface area contributed by atoms with Crippen LogP contribution in [0.3, 0.4) is 0 Å². The third kappa shape index (κ3) is 8.05. The molecular weight excluding hydrogens is 180 g/mol. The molecule has 0 heterocycles. The van der Waals surface area contributed by atoms with E-state index in [-0.39, 0.29) is 6.29 Å². The molecule has 0 saturated carbocycles. The Labute approximate surface area is 86.8 Å². The van der Waals surface area contributed by atoms with Crippen LogP contribution < -0.4 is 0 Å². The molecule has 1 unspecified atom stereocenters. The maximum Gasteiger partial charge on any atom is 0.419 e. The van der Waals surface area contributed by atoms with Gasteiger partial charge in [0.1, 0.15) is 0 Å². The van der Waals surface area contributed by atoms with Crippen LogP contribution in [0.1, 0.15) is 52.4 Å². The molecule has 14 heavy (non-hydrogen) atoms. The molecule has 3 nitrogen and oxygen atoms in total. The van der Waals surface area contributed by atoms with Gasteiger partial charge in [0.05, 0.1) is 6.61 Å². The minimum absolute atomic E-state index is 0.390. The van der Waals surface area contributed by atoms with Crippen LogP contribution in [0.4, 0.5) is 0 Å². The highest BCUT2D eigenvalue weighted by atomic mass is 16.7. The van der Waals surface area contributed by atoms with Gasteiger partial charge in [-0.05, 0) is 6.42 Å². The number of rotatable bonds is 10. The molecule has 1 radical (unpaired) electrons. The second kappa shape index (κ2) is 10.5. The van der Waals surface area contributed by atoms with Gasteiger partial charge in [0, 0.05) is 6.42 Å². The Morgan fingerprint density at radius 3 is 2.50 bits per heavy atom. The third-order valence-electron chi connectivity index (χ3n) is 2.01. The summed E-state index contributed by atoms with van der Waals surface area (Å²) in [6.07, 6.45) is 5.99. The van der Waals surface area contributed by atoms with Gasteiger partial charge in [0.15, 0.2) is 0 Å². The molecule has 0 bridgehead atoms. The van der Waals surface area contributed by atoms with Crippen molar-refractivity contribution in [2.45, 2.75) is 58.7 Å². The van der Waals surface area contributed by atoms with Gasteiger partial charge in [-0.2, -0.15) is 0 Å². The van der Waals surface area contributed by atoms with E-state index in [4.69, 9.17) is 4.74 Å². The highest BCUT2D eigenvalue weighted by Crippen LogP contribution is 2.05. The summed E-state index contributed by atoms with van der Waals surface area (Å²) in [5.41, 5.74) is 0. The standard InChI is InChI=1S/C11H21O3/c1-3-5-6-7-9-13-11(8-4-2)14-10-12/h11H,3-9H2,1-2H3. The number of unbranched alkanes of at least 4 members (excludes halogenated alkanes) is 3. The van der Waals surface area contributed by atoms with E-state index in [9.17, 15) is 4.79 Å². The molecule has 0 rings (SSSR count). The summed E-state index contributed by atoms with van der Waals surface area (Å²) in [6, 6.07) is 0. The van der Waals surface area contributed by atoms with E-state index in [1.54, 1.807) is 0 Å². The summed E-state index contributed by atoms with van der Waals surface area (Å²) in [6.45, 7) is 6.30. The highest BCUT2D eigenvalue weighted by molar-refractivity contribution is 5.38. The maximum atomic E-state index is 10.00. The number of hydrogen-bond donors (Lipinski definition) is 0. The molecule has 0 aliphatic carbocycles. The highest BCUT2D eigenvalue weighted by Gasteiger charge is 2.07. The zero-order valence-electron chi connectivity index (χ0n) is 9.25. The van der Waals surface area contributed by atoms with Crippen molar-refractivity contribution in [1.29, 1.82) is 0 Å². The van der Waals surface area contributed by atoms with Crippen molar-refractivity contribution >= 4 is 6.47 Å². The first-order chi connectivity index (χ1) is 6.85. The van der Waals surface area contributed by atoms with Crippen LogP contribution >= 0.6 is 0 Å². The quantitative estimate of drug-likeness (QED) is 0.403. The lowest BCUT2D eigenvalue weighted by molar-refractivity contribution is -0.0944. The summed E-state index contributed by atoms with van der Waals surface area (Å²) >= 11 is 0. The van der Waals surface area contributed by atoms with E-state index in [1.807, 2.05) is 6.92 Å². The first-order valence-corrected chi connectivity index (χ1v) is 5.49. The average Bonchev–Trinajstić information content (AvgIpc) is 2.18. The Morgan fingerprint density at radius 2 is 1.93 bits per heavy atom. The second-order valence-corrected chi connectivity index (χ2v) is 3.35. The zero-order valence-corrected chi connectivity index (χ0v) is 9.25. The van der Waals surface area contributed by atoms with E-state index < -0.39 is 0 Å². The molecule has 0 saturated heterocycles. The minimum Gasteiger partial charge on any atom is -0.427 e. The van der Waals surface area contributed by atoms with Gasteiger partial charge in [-0.3, -0.25) is 0 Å². The molecule has 1 atom stereocenters. The van der Waals surface area contributed by atoms with E-state index >= 15 is 0 Å². The molecule has 0 N–H and O–H groups in total. The largest absolute Gasteiger partial charge is 0.427 e. The normalized spacial score (nSPS) is 12.4. The summed E-state index contributed by atoms with van der Waals surface area (Å²) in [5.74, 6) is 0. The van der Waals surface area contributed by atoms with Gasteiger partial charge in [-0.25, -0.2) is 4.79 Å². The average molecular weight is 201 g/mol. The first kappa shape index (κ1) is 13.4. The van der Waals surface area contributed by atoms with Gasteiger partial charge < -0.3 is 9.47 Å². The first-order valence-electron chi connectivity index (χ1n) is 5.49. The molecule has 83 valence electrons. The molecule has 0 fully saturated rings. The Hall–Kier alpha value is -0.570. The predicted molar refractivity (Wildman–Crippen MR) is 55.6 cm³/mol. The Bertz CT molecular complexity index is 126. The van der Waals surface area contributed by atoms with Crippen molar-refractivity contribution in [2.24, 2.45) is 0 Å². The van der Waals surface area contributed by atoms with Crippen LogP contribution in [0.15, 0.2) is 0 Å². The fourth-order valence-corrected chi connectivity index (χ4v) is 1.21. The fraction of sp³-hybridized carbons (Fsp3) is 0.909. The number of ether oxygens (including phenoxy) is 2. The van der Waals surface area contributed by atoms with Crippen LogP contribution in [0.5, 0.6) is 0 Å². The Kier molecular flexibility index (Phi) is 10.1. The smallest absolute Gasteiger partial charge is 0.419 e. The lowest BCUT2D eigenvalue weighted by Crippen LogP contribution is -2.16. The van der Waals surface area contributed by atoms with Crippen molar-refractivity contribution in [2.75, 3.05) is 6.61 Å². The Balaban J connectivity index is 3.35. The maximum absolute atomic E-state index is 10.00. The molecule has 0 aromatic carbocycles. The summed E-state index contributed by atoms with van der Waals surface area (Å²) in [7, 11) is 0. The predicted octanol–water partition coefficient (Wildman–Crippen LogP) is 2.79. The van der Waals surface area contributed by atoms with E-state index in [2.05, 4.69) is 11.7 Å². The Morgan fingerprint density at radius 1 is 1.14 bits per heavy atom. The van der Waals surface area contributed by atoms with E-state index in [1.165, 1.54) is 25.7 Å². The van der Waals surface area contributed by atoms with Crippen LogP contribution in [-0.4, -0.2) is 19.4 Å². The van der Waals surface area contributed by atoms with Gasteiger partial charge in [0.2, 0.25) is 6.29 Å². The third-order valence-corrected chi connectivity index (χ3v) is 2.01. The lowest BCUT2D eigenvalue weighted by atomic mass is 10.2. The van der Waals surface area contributed by atoms with Crippen molar-refractivity contribution < 1.29 is 14.3 Å². The monoisotopic (exact) mass is 201 g/mol. The van der Waals surface area contributed by atoms with Crippen LogP contribution in [0.2, 0.25) is 0 Å². The summed E-state index contributed by atoms with van der Waals surface area (Å²) in [4.78, 5) is 10.00. The van der Waals surface area contributed by atoms with Crippen molar-refractivity contribution in [1.82, 2.24) is 0 Å². The van der Waals surface area contributed by atoms with Gasteiger partial charge in [-0.1, -0.05) is 39.5 Å². The van der Waals surface area contributed by atoms with Crippen molar-refractivity contribution in [3.05, 3.63) is 0 Å². The fourth-order valence-electron chi connectivity index (χ4n) is 1.21. The van der Waals surface area contributed by atoms with E-state index in [0.29, 0.717) is 6.61 Å².